The minimum absolute atomic E-state index is 0.0161. The molecule has 0 aliphatic carbocycles. The molecule has 0 saturated heterocycles. The summed E-state index contributed by atoms with van der Waals surface area (Å²) in [6.45, 7) is 1.30. The molecule has 0 aliphatic heterocycles. The molecular weight excluding hydrogens is 973 g/mol. The van der Waals surface area contributed by atoms with E-state index in [1.165, 1.54) is 6.07 Å². The number of hydrogen-bond acceptors (Lipinski definition) is 2. The van der Waals surface area contributed by atoms with Crippen molar-refractivity contribution in [1.82, 2.24) is 5.01 Å². The maximum absolute atomic E-state index is 14.4. The first-order valence-corrected chi connectivity index (χ1v) is 15.9. The molecule has 2 rings (SSSR count). The lowest BCUT2D eigenvalue weighted by atomic mass is 9.85. The van der Waals surface area contributed by atoms with Crippen LogP contribution in [0.25, 0.3) is 0 Å². The van der Waals surface area contributed by atoms with Crippen molar-refractivity contribution in [3.8, 4) is 0 Å². The van der Waals surface area contributed by atoms with Crippen molar-refractivity contribution in [1.29, 1.82) is 0 Å². The van der Waals surface area contributed by atoms with Crippen LogP contribution in [0.3, 0.4) is 0 Å². The quantitative estimate of drug-likeness (QED) is 0.0672. The molecule has 0 heterocycles. The van der Waals surface area contributed by atoms with Crippen LogP contribution in [-0.4, -0.2) is 71.0 Å². The zero-order chi connectivity index (χ0) is 44.9. The highest BCUT2D eigenvalue weighted by Gasteiger charge is 2.97. The summed E-state index contributed by atoms with van der Waals surface area (Å²) in [6.07, 6.45) is -17.0. The summed E-state index contributed by atoms with van der Waals surface area (Å²) in [5.41, 5.74) is -2.23. The van der Waals surface area contributed by atoms with Crippen LogP contribution in [-0.2, 0) is 19.1 Å². The van der Waals surface area contributed by atoms with Gasteiger partial charge in [-0.3, -0.25) is 5.01 Å². The van der Waals surface area contributed by atoms with Crippen LogP contribution in [0.2, 0.25) is 0 Å². The molecule has 0 aromatic heterocycles. The monoisotopic (exact) mass is 993 g/mol. The maximum Gasteiger partial charge on any atom is 0.460 e. The van der Waals surface area contributed by atoms with Gasteiger partial charge >= 0.3 is 65.7 Å². The highest BCUT2D eigenvalue weighted by Crippen LogP contribution is 2.66. The first-order valence-electron chi connectivity index (χ1n) is 14.8. The Labute approximate surface area is 316 Å². The molecule has 0 aliphatic rings. The lowest BCUT2D eigenvalue weighted by Crippen LogP contribution is -2.76. The van der Waals surface area contributed by atoms with E-state index in [-0.39, 0.29) is 22.2 Å². The Bertz CT molecular complexity index is 1720. The van der Waals surface area contributed by atoms with Gasteiger partial charge in [0.15, 0.2) is 0 Å². The van der Waals surface area contributed by atoms with Gasteiger partial charge in [-0.05, 0) is 64.8 Å². The Balaban J connectivity index is 2.36. The second kappa shape index (κ2) is 15.8. The third kappa shape index (κ3) is 8.78. The summed E-state index contributed by atoms with van der Waals surface area (Å²) < 4.78 is 327. The Kier molecular flexibility index (Phi) is 13.9. The SMILES string of the molecule is CCCN(Cc1ccc(CCC(F)(F)C(F)(F)C(F)(F)C(F)(F)C(F)(F)C(F)(F)C(F)(F)C(F)(F)C(F)(F)C(F)(F)F)cc1)N=Nc1ccc(I)cc1C(F)(F)F. The van der Waals surface area contributed by atoms with Gasteiger partial charge in [-0.25, -0.2) is 0 Å². The van der Waals surface area contributed by atoms with Crippen LogP contribution in [0, 0.1) is 3.57 Å². The van der Waals surface area contributed by atoms with Gasteiger partial charge in [0, 0.05) is 16.5 Å². The number of halogens is 25. The van der Waals surface area contributed by atoms with Crippen LogP contribution >= 0.6 is 22.6 Å². The van der Waals surface area contributed by atoms with Crippen LogP contribution in [0.15, 0.2) is 52.8 Å². The zero-order valence-corrected chi connectivity index (χ0v) is 29.5. The molecular formula is C29H20F24IN3. The van der Waals surface area contributed by atoms with Crippen molar-refractivity contribution < 1.29 is 105 Å². The van der Waals surface area contributed by atoms with Crippen LogP contribution < -0.4 is 0 Å². The fourth-order valence-electron chi connectivity index (χ4n) is 4.42. The Morgan fingerprint density at radius 3 is 1.33 bits per heavy atom. The van der Waals surface area contributed by atoms with E-state index in [0.29, 0.717) is 6.42 Å². The minimum atomic E-state index is -9.24. The normalized spacial score (nSPS) is 15.1. The van der Waals surface area contributed by atoms with Gasteiger partial charge in [0.2, 0.25) is 0 Å². The largest absolute Gasteiger partial charge is 0.460 e. The number of hydrogen-bond donors (Lipinski definition) is 0. The Morgan fingerprint density at radius 2 is 0.930 bits per heavy atom. The molecule has 2 aromatic carbocycles. The van der Waals surface area contributed by atoms with Crippen molar-refractivity contribution in [2.24, 2.45) is 10.3 Å². The predicted octanol–water partition coefficient (Wildman–Crippen LogP) is 13.4. The summed E-state index contributed by atoms with van der Waals surface area (Å²) >= 11 is 1.60. The summed E-state index contributed by atoms with van der Waals surface area (Å²) in [6, 6.07) is 6.55. The summed E-state index contributed by atoms with van der Waals surface area (Å²) in [5, 5.41) is 8.35. The molecule has 0 radical (unpaired) electrons. The first kappa shape index (κ1) is 50.0. The summed E-state index contributed by atoms with van der Waals surface area (Å²) in [7, 11) is 0. The van der Waals surface area contributed by atoms with Crippen molar-refractivity contribution in [2.45, 2.75) is 98.4 Å². The van der Waals surface area contributed by atoms with Gasteiger partial charge in [-0.15, -0.1) is 5.11 Å². The summed E-state index contributed by atoms with van der Waals surface area (Å²) in [5.74, 6) is -77.5. The molecule has 0 N–H and O–H groups in total. The average Bonchev–Trinajstić information content (AvgIpc) is 3.05. The van der Waals surface area contributed by atoms with Crippen molar-refractivity contribution >= 4 is 28.3 Å². The molecule has 28 heteroatoms. The van der Waals surface area contributed by atoms with E-state index < -0.39 is 95.3 Å². The lowest BCUT2D eigenvalue weighted by Gasteiger charge is -2.44. The maximum atomic E-state index is 14.4. The molecule has 0 spiro atoms. The fraction of sp³-hybridized carbons (Fsp3) is 0.586. The number of alkyl halides is 24. The van der Waals surface area contributed by atoms with Gasteiger partial charge in [0.1, 0.15) is 0 Å². The molecule has 0 saturated carbocycles. The van der Waals surface area contributed by atoms with E-state index in [1.54, 1.807) is 29.5 Å². The number of benzene rings is 2. The van der Waals surface area contributed by atoms with Crippen LogP contribution in [0.1, 0.15) is 36.5 Å². The topological polar surface area (TPSA) is 28.0 Å². The van der Waals surface area contributed by atoms with Crippen molar-refractivity contribution in [2.75, 3.05) is 6.54 Å². The minimum Gasteiger partial charge on any atom is -0.274 e. The fourth-order valence-corrected chi connectivity index (χ4v) is 4.91. The highest BCUT2D eigenvalue weighted by molar-refractivity contribution is 14.1. The van der Waals surface area contributed by atoms with E-state index >= 15 is 0 Å². The molecule has 0 atom stereocenters. The molecule has 0 bridgehead atoms. The second-order valence-electron chi connectivity index (χ2n) is 11.9. The van der Waals surface area contributed by atoms with Crippen molar-refractivity contribution in [3.05, 3.63) is 62.7 Å². The lowest BCUT2D eigenvalue weighted by molar-refractivity contribution is -0.474. The van der Waals surface area contributed by atoms with Crippen LogP contribution in [0.5, 0.6) is 0 Å². The van der Waals surface area contributed by atoms with E-state index in [0.717, 1.165) is 41.4 Å². The number of rotatable bonds is 17. The average molecular weight is 993 g/mol. The first-order chi connectivity index (χ1) is 25.2. The van der Waals surface area contributed by atoms with Gasteiger partial charge in [0.25, 0.3) is 0 Å². The van der Waals surface area contributed by atoms with E-state index in [4.69, 9.17) is 0 Å². The third-order valence-corrected chi connectivity index (χ3v) is 8.39. The van der Waals surface area contributed by atoms with E-state index in [1.807, 2.05) is 0 Å². The molecule has 0 amide bonds. The smallest absolute Gasteiger partial charge is 0.274 e. The molecule has 0 fully saturated rings. The van der Waals surface area contributed by atoms with E-state index in [9.17, 15) is 105 Å². The summed E-state index contributed by atoms with van der Waals surface area (Å²) in [4.78, 5) is 0. The Hall–Kier alpha value is -3.11. The van der Waals surface area contributed by atoms with Crippen LogP contribution in [0.4, 0.5) is 111 Å². The van der Waals surface area contributed by atoms with Gasteiger partial charge in [-0.1, -0.05) is 36.4 Å². The molecule has 3 nitrogen and oxygen atoms in total. The van der Waals surface area contributed by atoms with Gasteiger partial charge < -0.3 is 0 Å². The van der Waals surface area contributed by atoms with E-state index in [2.05, 4.69) is 10.3 Å². The second-order valence-corrected chi connectivity index (χ2v) is 13.1. The molecule has 0 unspecified atom stereocenters. The predicted molar refractivity (Wildman–Crippen MR) is 155 cm³/mol. The van der Waals surface area contributed by atoms with Gasteiger partial charge in [0.05, 0.1) is 17.8 Å². The number of aryl methyl sites for hydroxylation is 1. The number of nitrogens with zero attached hydrogens (tertiary/aromatic N) is 3. The third-order valence-electron chi connectivity index (χ3n) is 7.72. The van der Waals surface area contributed by atoms with Crippen molar-refractivity contribution in [3.63, 3.8) is 0 Å². The zero-order valence-electron chi connectivity index (χ0n) is 27.4. The molecule has 2 aromatic rings. The standard InChI is InChI=1S/C29H20F24IN3/c1-2-11-57(56-55-18-8-7-16(54)12-17(18)20(32,33)34)13-15-5-3-14(4-6-15)9-10-19(30,31)21(35,36)22(37,38)23(39,40)24(41,42)25(43,44)26(45,46)27(47,48)28(49,50)29(51,52)53/h3-8,12H,2,9-11,13H2,1H3. The Morgan fingerprint density at radius 1 is 0.526 bits per heavy atom. The highest BCUT2D eigenvalue weighted by atomic mass is 127. The molecule has 57 heavy (non-hydrogen) atoms. The molecule has 326 valence electrons. The van der Waals surface area contributed by atoms with Gasteiger partial charge in [-0.2, -0.15) is 105 Å².